The minimum Gasteiger partial charge on any atom is -0.496 e. The fraction of sp³-hybridized carbons (Fsp3) is 0.667. The van der Waals surface area contributed by atoms with E-state index in [2.05, 4.69) is 45.1 Å². The third kappa shape index (κ3) is 3.35. The number of hydrogen-bond donors (Lipinski definition) is 1. The van der Waals surface area contributed by atoms with Crippen molar-refractivity contribution >= 4 is 0 Å². The van der Waals surface area contributed by atoms with Crippen molar-refractivity contribution in [3.05, 3.63) is 28.8 Å². The fourth-order valence-corrected chi connectivity index (χ4v) is 3.22. The van der Waals surface area contributed by atoms with Crippen molar-refractivity contribution in [2.24, 2.45) is 0 Å². The summed E-state index contributed by atoms with van der Waals surface area (Å²) >= 11 is 0. The maximum atomic E-state index is 5.61. The van der Waals surface area contributed by atoms with Crippen LogP contribution in [0, 0.1) is 6.92 Å². The molecule has 2 heteroatoms. The Hall–Kier alpha value is -1.02. The van der Waals surface area contributed by atoms with E-state index in [-0.39, 0.29) is 5.41 Å². The van der Waals surface area contributed by atoms with E-state index in [1.54, 1.807) is 7.11 Å². The molecule has 0 amide bonds. The normalized spacial score (nSPS) is 20.6. The van der Waals surface area contributed by atoms with Gasteiger partial charge in [-0.3, -0.25) is 0 Å². The Morgan fingerprint density at radius 3 is 2.55 bits per heavy atom. The number of benzene rings is 1. The van der Waals surface area contributed by atoms with Gasteiger partial charge in [-0.25, -0.2) is 0 Å². The zero-order chi connectivity index (χ0) is 14.8. The second kappa shape index (κ2) is 6.17. The first-order valence-corrected chi connectivity index (χ1v) is 7.83. The molecule has 0 saturated carbocycles. The van der Waals surface area contributed by atoms with Crippen LogP contribution in [0.2, 0.25) is 0 Å². The molecule has 0 radical (unpaired) electrons. The lowest BCUT2D eigenvalue weighted by Crippen LogP contribution is -2.16. The monoisotopic (exact) mass is 275 g/mol. The molecule has 1 aliphatic rings. The third-order valence-corrected chi connectivity index (χ3v) is 4.41. The maximum absolute atomic E-state index is 5.61. The molecular formula is C18H29NO. The second-order valence-electron chi connectivity index (χ2n) is 7.04. The van der Waals surface area contributed by atoms with E-state index >= 15 is 0 Å². The number of aryl methyl sites for hydroxylation is 1. The van der Waals surface area contributed by atoms with Crippen molar-refractivity contribution in [2.45, 2.75) is 58.3 Å². The highest BCUT2D eigenvalue weighted by Crippen LogP contribution is 2.38. The largest absolute Gasteiger partial charge is 0.496 e. The van der Waals surface area contributed by atoms with Crippen LogP contribution in [0.25, 0.3) is 0 Å². The summed E-state index contributed by atoms with van der Waals surface area (Å²) in [5.74, 6) is 1.72. The van der Waals surface area contributed by atoms with E-state index < -0.39 is 0 Å². The summed E-state index contributed by atoms with van der Waals surface area (Å²) in [6.07, 6.45) is 3.82. The van der Waals surface area contributed by atoms with Gasteiger partial charge in [0.2, 0.25) is 0 Å². The quantitative estimate of drug-likeness (QED) is 0.875. The Labute approximate surface area is 123 Å². The Morgan fingerprint density at radius 1 is 1.15 bits per heavy atom. The van der Waals surface area contributed by atoms with E-state index in [4.69, 9.17) is 4.74 Å². The molecule has 1 unspecified atom stereocenters. The molecule has 1 fully saturated rings. The second-order valence-corrected chi connectivity index (χ2v) is 7.04. The summed E-state index contributed by atoms with van der Waals surface area (Å²) in [4.78, 5) is 0. The van der Waals surface area contributed by atoms with Crippen LogP contribution in [0.3, 0.4) is 0 Å². The first-order valence-electron chi connectivity index (χ1n) is 7.83. The zero-order valence-corrected chi connectivity index (χ0v) is 13.7. The van der Waals surface area contributed by atoms with Crippen LogP contribution in [-0.2, 0) is 5.41 Å². The summed E-state index contributed by atoms with van der Waals surface area (Å²) in [7, 11) is 1.78. The van der Waals surface area contributed by atoms with Gasteiger partial charge in [0.25, 0.3) is 0 Å². The van der Waals surface area contributed by atoms with Crippen molar-refractivity contribution in [2.75, 3.05) is 20.2 Å². The van der Waals surface area contributed by atoms with Gasteiger partial charge in [0.1, 0.15) is 5.75 Å². The van der Waals surface area contributed by atoms with Gasteiger partial charge in [-0.2, -0.15) is 0 Å². The fourth-order valence-electron chi connectivity index (χ4n) is 3.22. The summed E-state index contributed by atoms with van der Waals surface area (Å²) < 4.78 is 5.61. The van der Waals surface area contributed by atoms with Gasteiger partial charge in [-0.15, -0.1) is 0 Å². The van der Waals surface area contributed by atoms with Crippen LogP contribution in [0.4, 0.5) is 0 Å². The topological polar surface area (TPSA) is 21.3 Å². The van der Waals surface area contributed by atoms with Crippen molar-refractivity contribution in [1.29, 1.82) is 0 Å². The molecule has 0 spiro atoms. The number of ether oxygens (including phenoxy) is 1. The molecule has 20 heavy (non-hydrogen) atoms. The molecule has 0 bridgehead atoms. The highest BCUT2D eigenvalue weighted by molar-refractivity contribution is 5.47. The molecule has 1 saturated heterocycles. The molecule has 1 atom stereocenters. The van der Waals surface area contributed by atoms with Crippen LogP contribution < -0.4 is 10.1 Å². The van der Waals surface area contributed by atoms with Crippen LogP contribution >= 0.6 is 0 Å². The summed E-state index contributed by atoms with van der Waals surface area (Å²) in [5.41, 5.74) is 4.36. The summed E-state index contributed by atoms with van der Waals surface area (Å²) in [6, 6.07) is 4.64. The van der Waals surface area contributed by atoms with Crippen molar-refractivity contribution in [3.63, 3.8) is 0 Å². The lowest BCUT2D eigenvalue weighted by Gasteiger charge is -2.26. The van der Waals surface area contributed by atoms with Crippen LogP contribution in [0.5, 0.6) is 5.75 Å². The average Bonchev–Trinajstić information content (AvgIpc) is 2.65. The Bertz CT molecular complexity index is 451. The van der Waals surface area contributed by atoms with E-state index in [1.165, 1.54) is 36.0 Å². The molecule has 112 valence electrons. The predicted molar refractivity (Wildman–Crippen MR) is 85.9 cm³/mol. The number of rotatable bonds is 2. The molecule has 1 aliphatic heterocycles. The smallest absolute Gasteiger partial charge is 0.122 e. The van der Waals surface area contributed by atoms with Gasteiger partial charge in [-0.05, 0) is 73.4 Å². The zero-order valence-electron chi connectivity index (χ0n) is 13.7. The SMILES string of the molecule is COc1cc(C)c(C2CCCNCC2)cc1C(C)(C)C. The maximum Gasteiger partial charge on any atom is 0.122 e. The standard InChI is InChI=1S/C18H29NO/c1-13-11-17(20-5)16(18(2,3)4)12-15(13)14-7-6-9-19-10-8-14/h11-12,14,19H,6-10H2,1-5H3. The highest BCUT2D eigenvalue weighted by Gasteiger charge is 2.23. The van der Waals surface area contributed by atoms with Crippen LogP contribution in [-0.4, -0.2) is 20.2 Å². The molecule has 0 aliphatic carbocycles. The minimum atomic E-state index is 0.122. The molecule has 2 rings (SSSR count). The van der Waals surface area contributed by atoms with Gasteiger partial charge in [0.15, 0.2) is 0 Å². The first kappa shape index (κ1) is 15.4. The van der Waals surface area contributed by atoms with Gasteiger partial charge < -0.3 is 10.1 Å². The number of methoxy groups -OCH3 is 1. The van der Waals surface area contributed by atoms with Crippen LogP contribution in [0.1, 0.15) is 62.6 Å². The van der Waals surface area contributed by atoms with Crippen LogP contribution in [0.15, 0.2) is 12.1 Å². The summed E-state index contributed by atoms with van der Waals surface area (Å²) in [6.45, 7) is 11.3. The first-order chi connectivity index (χ1) is 9.43. The van der Waals surface area contributed by atoms with Crippen molar-refractivity contribution < 1.29 is 4.74 Å². The molecule has 0 aromatic heterocycles. The van der Waals surface area contributed by atoms with Crippen molar-refractivity contribution in [3.8, 4) is 5.75 Å². The van der Waals surface area contributed by atoms with Gasteiger partial charge >= 0.3 is 0 Å². The highest BCUT2D eigenvalue weighted by atomic mass is 16.5. The minimum absolute atomic E-state index is 0.122. The van der Waals surface area contributed by atoms with Gasteiger partial charge in [0.05, 0.1) is 7.11 Å². The van der Waals surface area contributed by atoms with E-state index in [1.807, 2.05) is 0 Å². The molecular weight excluding hydrogens is 246 g/mol. The average molecular weight is 275 g/mol. The Morgan fingerprint density at radius 2 is 1.90 bits per heavy atom. The summed E-state index contributed by atoms with van der Waals surface area (Å²) in [5, 5.41) is 3.51. The van der Waals surface area contributed by atoms with Crippen molar-refractivity contribution in [1.82, 2.24) is 5.32 Å². The van der Waals surface area contributed by atoms with E-state index in [0.717, 1.165) is 18.8 Å². The van der Waals surface area contributed by atoms with E-state index in [9.17, 15) is 0 Å². The predicted octanol–water partition coefficient (Wildman–Crippen LogP) is 4.16. The lowest BCUT2D eigenvalue weighted by atomic mass is 9.80. The molecule has 1 N–H and O–H groups in total. The number of nitrogens with one attached hydrogen (secondary N) is 1. The Kier molecular flexibility index (Phi) is 4.74. The molecule has 2 nitrogen and oxygen atoms in total. The van der Waals surface area contributed by atoms with Gasteiger partial charge in [-0.1, -0.05) is 26.8 Å². The molecule has 1 heterocycles. The third-order valence-electron chi connectivity index (χ3n) is 4.41. The Balaban J connectivity index is 2.42. The van der Waals surface area contributed by atoms with E-state index in [0.29, 0.717) is 5.92 Å². The molecule has 1 aromatic carbocycles. The number of hydrogen-bond acceptors (Lipinski definition) is 2. The molecule has 1 aromatic rings. The van der Waals surface area contributed by atoms with Gasteiger partial charge in [0, 0.05) is 0 Å². The lowest BCUT2D eigenvalue weighted by molar-refractivity contribution is 0.396.